The molecule has 0 bridgehead atoms. The topological polar surface area (TPSA) is 116 Å². The highest BCUT2D eigenvalue weighted by Gasteiger charge is 2.22. The molecule has 2 aromatic carbocycles. The molecule has 33 heavy (non-hydrogen) atoms. The van der Waals surface area contributed by atoms with E-state index in [0.29, 0.717) is 10.2 Å². The van der Waals surface area contributed by atoms with Crippen LogP contribution in [0.15, 0.2) is 62.1 Å². The summed E-state index contributed by atoms with van der Waals surface area (Å²) in [6, 6.07) is 11.0. The lowest BCUT2D eigenvalue weighted by atomic mass is 10.1. The van der Waals surface area contributed by atoms with Gasteiger partial charge in [-0.3, -0.25) is 9.59 Å². The summed E-state index contributed by atoms with van der Waals surface area (Å²) in [7, 11) is 2.82. The Morgan fingerprint density at radius 1 is 0.939 bits per heavy atom. The van der Waals surface area contributed by atoms with Crippen molar-refractivity contribution in [3.05, 3.63) is 69.0 Å². The number of rotatable bonds is 8. The molecular formula is C22H18Br2N2O7. The molecule has 9 nitrogen and oxygen atoms in total. The average Bonchev–Trinajstić information content (AvgIpc) is 3.34. The van der Waals surface area contributed by atoms with Crippen molar-refractivity contribution in [3.63, 3.8) is 0 Å². The van der Waals surface area contributed by atoms with E-state index in [4.69, 9.17) is 18.6 Å². The Kier molecular flexibility index (Phi) is 8.12. The van der Waals surface area contributed by atoms with Crippen LogP contribution >= 0.6 is 31.9 Å². The number of nitrogens with one attached hydrogen (secondary N) is 2. The van der Waals surface area contributed by atoms with E-state index in [1.54, 1.807) is 24.3 Å². The summed E-state index contributed by atoms with van der Waals surface area (Å²) in [6.07, 6.45) is 1.35. The van der Waals surface area contributed by atoms with Crippen LogP contribution < -0.4 is 20.1 Å². The van der Waals surface area contributed by atoms with Gasteiger partial charge in [-0.1, -0.05) is 15.9 Å². The van der Waals surface area contributed by atoms with Crippen LogP contribution in [0.2, 0.25) is 0 Å². The first kappa shape index (κ1) is 24.3. The maximum absolute atomic E-state index is 12.8. The van der Waals surface area contributed by atoms with Crippen molar-refractivity contribution in [2.75, 3.05) is 31.5 Å². The number of esters is 1. The number of amides is 2. The van der Waals surface area contributed by atoms with Crippen LogP contribution in [-0.2, 0) is 9.53 Å². The number of carbonyl (C=O) groups is 3. The molecule has 0 spiro atoms. The van der Waals surface area contributed by atoms with Crippen LogP contribution in [0.4, 0.5) is 11.4 Å². The molecule has 0 atom stereocenters. The van der Waals surface area contributed by atoms with E-state index in [-0.39, 0.29) is 28.5 Å². The number of ether oxygens (including phenoxy) is 3. The van der Waals surface area contributed by atoms with Gasteiger partial charge < -0.3 is 29.3 Å². The quantitative estimate of drug-likeness (QED) is 0.365. The summed E-state index contributed by atoms with van der Waals surface area (Å²) in [5.41, 5.74) is 0.567. The molecule has 1 heterocycles. The van der Waals surface area contributed by atoms with Gasteiger partial charge in [-0.15, -0.1) is 0 Å². The van der Waals surface area contributed by atoms with Crippen LogP contribution in [0.25, 0.3) is 0 Å². The lowest BCUT2D eigenvalue weighted by molar-refractivity contribution is -0.119. The summed E-state index contributed by atoms with van der Waals surface area (Å²) in [6.45, 7) is -0.554. The summed E-state index contributed by atoms with van der Waals surface area (Å²) >= 11 is 6.67. The highest BCUT2D eigenvalue weighted by Crippen LogP contribution is 2.34. The van der Waals surface area contributed by atoms with Crippen LogP contribution in [0.1, 0.15) is 20.9 Å². The molecule has 1 aromatic heterocycles. The fraction of sp³-hybridized carbons (Fsp3) is 0.136. The van der Waals surface area contributed by atoms with Crippen molar-refractivity contribution < 1.29 is 33.0 Å². The summed E-state index contributed by atoms with van der Waals surface area (Å²) in [4.78, 5) is 37.5. The second kappa shape index (κ2) is 11.0. The molecule has 2 amide bonds. The first-order valence-corrected chi connectivity index (χ1v) is 10.9. The van der Waals surface area contributed by atoms with Crippen molar-refractivity contribution in [3.8, 4) is 11.5 Å². The maximum Gasteiger partial charge on any atom is 0.340 e. The van der Waals surface area contributed by atoms with Gasteiger partial charge in [0.2, 0.25) is 0 Å². The zero-order valence-electron chi connectivity index (χ0n) is 17.4. The Bertz CT molecular complexity index is 1180. The number of methoxy groups -OCH3 is 2. The molecule has 3 aromatic rings. The second-order valence-corrected chi connectivity index (χ2v) is 8.20. The van der Waals surface area contributed by atoms with Crippen LogP contribution in [0, 0.1) is 0 Å². The van der Waals surface area contributed by atoms with Crippen molar-refractivity contribution >= 4 is 61.0 Å². The maximum atomic E-state index is 12.8. The molecular weight excluding hydrogens is 564 g/mol. The van der Waals surface area contributed by atoms with E-state index < -0.39 is 24.4 Å². The number of anilines is 2. The van der Waals surface area contributed by atoms with E-state index in [1.807, 2.05) is 0 Å². The number of hydrogen-bond donors (Lipinski definition) is 2. The van der Waals surface area contributed by atoms with E-state index >= 15 is 0 Å². The van der Waals surface area contributed by atoms with E-state index in [2.05, 4.69) is 42.5 Å². The number of furan rings is 1. The third-order valence-corrected chi connectivity index (χ3v) is 5.43. The Balaban J connectivity index is 1.77. The SMILES string of the molecule is COc1cc(NC(=O)c2ccco2)c(C(=O)OCC(=O)Nc2ccc(Br)cc2Br)cc1OC. The zero-order valence-corrected chi connectivity index (χ0v) is 20.6. The third-order valence-electron chi connectivity index (χ3n) is 4.28. The molecule has 0 fully saturated rings. The Morgan fingerprint density at radius 2 is 1.67 bits per heavy atom. The minimum absolute atomic E-state index is 0.0369. The van der Waals surface area contributed by atoms with Crippen molar-refractivity contribution in [1.29, 1.82) is 0 Å². The molecule has 0 aliphatic rings. The molecule has 0 radical (unpaired) electrons. The van der Waals surface area contributed by atoms with Crippen molar-refractivity contribution in [1.82, 2.24) is 0 Å². The summed E-state index contributed by atoms with van der Waals surface area (Å²) < 4.78 is 22.2. The van der Waals surface area contributed by atoms with E-state index in [1.165, 1.54) is 38.7 Å². The zero-order chi connectivity index (χ0) is 24.0. The van der Waals surface area contributed by atoms with Gasteiger partial charge in [0, 0.05) is 21.1 Å². The summed E-state index contributed by atoms with van der Waals surface area (Å²) in [5, 5.41) is 5.22. The van der Waals surface area contributed by atoms with Gasteiger partial charge in [0.15, 0.2) is 23.9 Å². The minimum Gasteiger partial charge on any atom is -0.493 e. The van der Waals surface area contributed by atoms with Crippen LogP contribution in [0.3, 0.4) is 0 Å². The highest BCUT2D eigenvalue weighted by molar-refractivity contribution is 9.11. The summed E-state index contributed by atoms with van der Waals surface area (Å²) in [5.74, 6) is -1.42. The molecule has 2 N–H and O–H groups in total. The van der Waals surface area contributed by atoms with Gasteiger partial charge in [-0.05, 0) is 46.3 Å². The smallest absolute Gasteiger partial charge is 0.340 e. The first-order valence-electron chi connectivity index (χ1n) is 9.35. The van der Waals surface area contributed by atoms with Crippen molar-refractivity contribution in [2.24, 2.45) is 0 Å². The normalized spacial score (nSPS) is 10.3. The minimum atomic E-state index is -0.851. The van der Waals surface area contributed by atoms with Gasteiger partial charge in [0.25, 0.3) is 11.8 Å². The molecule has 0 aliphatic carbocycles. The first-order chi connectivity index (χ1) is 15.8. The fourth-order valence-corrected chi connectivity index (χ4v) is 3.88. The lowest BCUT2D eigenvalue weighted by Gasteiger charge is -2.15. The van der Waals surface area contributed by atoms with Gasteiger partial charge in [0.1, 0.15) is 0 Å². The fourth-order valence-electron chi connectivity index (χ4n) is 2.73. The predicted octanol–water partition coefficient (Wildman–Crippen LogP) is 4.87. The highest BCUT2D eigenvalue weighted by atomic mass is 79.9. The van der Waals surface area contributed by atoms with Crippen LogP contribution in [-0.4, -0.2) is 38.6 Å². The molecule has 172 valence electrons. The number of hydrogen-bond acceptors (Lipinski definition) is 7. The van der Waals surface area contributed by atoms with Crippen molar-refractivity contribution in [2.45, 2.75) is 0 Å². The number of carbonyl (C=O) groups excluding carboxylic acids is 3. The lowest BCUT2D eigenvalue weighted by Crippen LogP contribution is -2.22. The van der Waals surface area contributed by atoms with Crippen LogP contribution in [0.5, 0.6) is 11.5 Å². The molecule has 11 heteroatoms. The standard InChI is InChI=1S/C22H18Br2N2O7/c1-30-18-9-13(16(10-19(18)31-2)26-21(28)17-4-3-7-32-17)22(29)33-11-20(27)25-15-6-5-12(23)8-14(15)24/h3-10H,11H2,1-2H3,(H,25,27)(H,26,28). The Hall–Kier alpha value is -3.31. The largest absolute Gasteiger partial charge is 0.493 e. The molecule has 0 saturated carbocycles. The van der Waals surface area contributed by atoms with Gasteiger partial charge in [0.05, 0.1) is 37.4 Å². The molecule has 0 aliphatic heterocycles. The number of halogens is 2. The van der Waals surface area contributed by atoms with E-state index in [0.717, 1.165) is 4.47 Å². The molecule has 3 rings (SSSR count). The second-order valence-electron chi connectivity index (χ2n) is 6.43. The predicted molar refractivity (Wildman–Crippen MR) is 127 cm³/mol. The van der Waals surface area contributed by atoms with Gasteiger partial charge >= 0.3 is 5.97 Å². The third kappa shape index (κ3) is 6.14. The number of benzene rings is 2. The van der Waals surface area contributed by atoms with Gasteiger partial charge in [-0.25, -0.2) is 4.79 Å². The average molecular weight is 582 g/mol. The Labute approximate surface area is 205 Å². The van der Waals surface area contributed by atoms with E-state index in [9.17, 15) is 14.4 Å². The molecule has 0 unspecified atom stereocenters. The molecule has 0 saturated heterocycles. The monoisotopic (exact) mass is 580 g/mol. The van der Waals surface area contributed by atoms with Gasteiger partial charge in [-0.2, -0.15) is 0 Å². The Morgan fingerprint density at radius 3 is 2.30 bits per heavy atom.